The molecule has 0 atom stereocenters. The van der Waals surface area contributed by atoms with E-state index in [-0.39, 0.29) is 5.91 Å². The number of amides is 1. The molecule has 0 saturated heterocycles. The van der Waals surface area contributed by atoms with Crippen molar-refractivity contribution >= 4 is 27.5 Å². The number of primary amides is 1. The lowest BCUT2D eigenvalue weighted by Crippen LogP contribution is -2.11. The Balaban J connectivity index is 2.29. The molecule has 2 heteroatoms. The molecule has 0 unspecified atom stereocenters. The topological polar surface area (TPSA) is 43.1 Å². The summed E-state index contributed by atoms with van der Waals surface area (Å²) in [6.45, 7) is 0. The van der Waals surface area contributed by atoms with Gasteiger partial charge in [-0.1, -0.05) is 48.5 Å². The first kappa shape index (κ1) is 11.7. The van der Waals surface area contributed by atoms with Crippen molar-refractivity contribution < 1.29 is 4.79 Å². The fourth-order valence-electron chi connectivity index (χ4n) is 2.63. The van der Waals surface area contributed by atoms with Crippen LogP contribution in [0.2, 0.25) is 0 Å². The molecule has 2 nitrogen and oxygen atoms in total. The van der Waals surface area contributed by atoms with Crippen LogP contribution in [0.4, 0.5) is 0 Å². The Morgan fingerprint density at radius 1 is 0.895 bits per heavy atom. The van der Waals surface area contributed by atoms with Crippen molar-refractivity contribution in [3.63, 3.8) is 0 Å². The van der Waals surface area contributed by atoms with Crippen LogP contribution in [0.1, 0.15) is 12.0 Å². The van der Waals surface area contributed by atoms with Gasteiger partial charge in [0.1, 0.15) is 0 Å². The van der Waals surface area contributed by atoms with Gasteiger partial charge in [-0.15, -0.1) is 0 Å². The summed E-state index contributed by atoms with van der Waals surface area (Å²) >= 11 is 0. The Bertz CT molecular complexity index is 707. The molecule has 94 valence electrons. The van der Waals surface area contributed by atoms with E-state index in [0.717, 1.165) is 0 Å². The zero-order valence-electron chi connectivity index (χ0n) is 10.6. The fourth-order valence-corrected chi connectivity index (χ4v) is 2.63. The van der Waals surface area contributed by atoms with Crippen molar-refractivity contribution in [2.24, 2.45) is 5.73 Å². The molecule has 0 aliphatic rings. The van der Waals surface area contributed by atoms with Crippen LogP contribution in [-0.4, -0.2) is 5.91 Å². The molecule has 2 N–H and O–H groups in total. The average molecular weight is 249 g/mol. The number of hydrogen-bond acceptors (Lipinski definition) is 1. The maximum Gasteiger partial charge on any atom is 0.217 e. The number of carbonyl (C=O) groups excluding carboxylic acids is 1. The molecular weight excluding hydrogens is 234 g/mol. The molecule has 0 bridgehead atoms. The highest BCUT2D eigenvalue weighted by Gasteiger charge is 2.08. The van der Waals surface area contributed by atoms with Gasteiger partial charge in [0.15, 0.2) is 0 Å². The Morgan fingerprint density at radius 2 is 1.42 bits per heavy atom. The molecule has 0 saturated carbocycles. The smallest absolute Gasteiger partial charge is 0.217 e. The van der Waals surface area contributed by atoms with Crippen molar-refractivity contribution in [1.29, 1.82) is 0 Å². The normalized spacial score (nSPS) is 10.9. The monoisotopic (exact) mass is 249 g/mol. The number of benzene rings is 3. The van der Waals surface area contributed by atoms with E-state index in [1.165, 1.54) is 27.1 Å². The van der Waals surface area contributed by atoms with E-state index in [1.54, 1.807) is 0 Å². The third-order valence-electron chi connectivity index (χ3n) is 3.50. The van der Waals surface area contributed by atoms with E-state index in [9.17, 15) is 4.79 Å². The molecule has 0 radical (unpaired) electrons. The van der Waals surface area contributed by atoms with Crippen LogP contribution in [0.25, 0.3) is 21.5 Å². The molecule has 0 spiro atoms. The van der Waals surface area contributed by atoms with Crippen LogP contribution >= 0.6 is 0 Å². The first-order valence-electron chi connectivity index (χ1n) is 6.43. The van der Waals surface area contributed by atoms with Gasteiger partial charge < -0.3 is 5.73 Å². The van der Waals surface area contributed by atoms with Crippen LogP contribution in [0.3, 0.4) is 0 Å². The van der Waals surface area contributed by atoms with E-state index in [4.69, 9.17) is 5.73 Å². The summed E-state index contributed by atoms with van der Waals surface area (Å²) in [5.74, 6) is -0.253. The summed E-state index contributed by atoms with van der Waals surface area (Å²) in [6, 6.07) is 18.8. The molecule has 3 rings (SSSR count). The average Bonchev–Trinajstić information content (AvgIpc) is 2.43. The zero-order chi connectivity index (χ0) is 13.2. The second-order valence-electron chi connectivity index (χ2n) is 4.76. The third kappa shape index (κ3) is 2.17. The molecule has 19 heavy (non-hydrogen) atoms. The van der Waals surface area contributed by atoms with Gasteiger partial charge in [-0.05, 0) is 39.6 Å². The standard InChI is InChI=1S/C17H15NO/c18-17(19)10-9-16-14-7-3-1-5-12(14)11-13-6-2-4-8-15(13)16/h1-8,11H,9-10H2,(H2,18,19). The zero-order valence-corrected chi connectivity index (χ0v) is 10.6. The van der Waals surface area contributed by atoms with Gasteiger partial charge in [0.25, 0.3) is 0 Å². The second-order valence-corrected chi connectivity index (χ2v) is 4.76. The summed E-state index contributed by atoms with van der Waals surface area (Å²) in [6.07, 6.45) is 1.08. The maximum absolute atomic E-state index is 11.1. The second kappa shape index (κ2) is 4.73. The maximum atomic E-state index is 11.1. The van der Waals surface area contributed by atoms with Crippen molar-refractivity contribution in [3.05, 3.63) is 60.2 Å². The minimum atomic E-state index is -0.253. The van der Waals surface area contributed by atoms with Crippen molar-refractivity contribution in [2.45, 2.75) is 12.8 Å². The summed E-state index contributed by atoms with van der Waals surface area (Å²) in [5.41, 5.74) is 6.50. The Hall–Kier alpha value is -2.35. The Morgan fingerprint density at radius 3 is 1.95 bits per heavy atom. The number of rotatable bonds is 3. The largest absolute Gasteiger partial charge is 0.370 e. The van der Waals surface area contributed by atoms with Crippen LogP contribution in [0, 0.1) is 0 Å². The van der Waals surface area contributed by atoms with E-state index < -0.39 is 0 Å². The van der Waals surface area contributed by atoms with E-state index in [2.05, 4.69) is 30.3 Å². The molecule has 3 aromatic carbocycles. The van der Waals surface area contributed by atoms with E-state index >= 15 is 0 Å². The summed E-state index contributed by atoms with van der Waals surface area (Å²) < 4.78 is 0. The van der Waals surface area contributed by atoms with Gasteiger partial charge in [0.2, 0.25) is 5.91 Å². The molecule has 1 amide bonds. The van der Waals surface area contributed by atoms with Gasteiger partial charge in [-0.2, -0.15) is 0 Å². The van der Waals surface area contributed by atoms with E-state index in [0.29, 0.717) is 12.8 Å². The molecule has 0 aromatic heterocycles. The van der Waals surface area contributed by atoms with E-state index in [1.807, 2.05) is 24.3 Å². The highest BCUT2D eigenvalue weighted by Crippen LogP contribution is 2.29. The first-order chi connectivity index (χ1) is 9.25. The van der Waals surface area contributed by atoms with Gasteiger partial charge in [0.05, 0.1) is 0 Å². The highest BCUT2D eigenvalue weighted by molar-refractivity contribution is 6.02. The summed E-state index contributed by atoms with van der Waals surface area (Å²) in [7, 11) is 0. The summed E-state index contributed by atoms with van der Waals surface area (Å²) in [4.78, 5) is 11.1. The van der Waals surface area contributed by atoms with Crippen LogP contribution in [-0.2, 0) is 11.2 Å². The molecule has 0 aliphatic carbocycles. The SMILES string of the molecule is NC(=O)CCc1c2ccccc2cc2ccccc12. The predicted octanol–water partition coefficient (Wildman–Crippen LogP) is 3.41. The number of hydrogen-bond donors (Lipinski definition) is 1. The van der Waals surface area contributed by atoms with Crippen molar-refractivity contribution in [1.82, 2.24) is 0 Å². The Kier molecular flexibility index (Phi) is 2.92. The minimum Gasteiger partial charge on any atom is -0.370 e. The fraction of sp³-hybridized carbons (Fsp3) is 0.118. The number of fused-ring (bicyclic) bond motifs is 2. The lowest BCUT2D eigenvalue weighted by Gasteiger charge is -2.10. The summed E-state index contributed by atoms with van der Waals surface area (Å²) in [5, 5.41) is 4.84. The first-order valence-corrected chi connectivity index (χ1v) is 6.43. The minimum absolute atomic E-state index is 0.253. The molecular formula is C17H15NO. The number of aryl methyl sites for hydroxylation is 1. The highest BCUT2D eigenvalue weighted by atomic mass is 16.1. The van der Waals surface area contributed by atoms with Crippen molar-refractivity contribution in [2.75, 3.05) is 0 Å². The third-order valence-corrected chi connectivity index (χ3v) is 3.50. The molecule has 3 aromatic rings. The van der Waals surface area contributed by atoms with Gasteiger partial charge in [0, 0.05) is 6.42 Å². The van der Waals surface area contributed by atoms with Crippen LogP contribution < -0.4 is 5.73 Å². The van der Waals surface area contributed by atoms with Gasteiger partial charge in [-0.3, -0.25) is 4.79 Å². The molecule has 0 heterocycles. The molecule has 0 fully saturated rings. The van der Waals surface area contributed by atoms with Crippen LogP contribution in [0.5, 0.6) is 0 Å². The number of nitrogens with two attached hydrogens (primary N) is 1. The van der Waals surface area contributed by atoms with Crippen LogP contribution in [0.15, 0.2) is 54.6 Å². The lowest BCUT2D eigenvalue weighted by molar-refractivity contribution is -0.117. The number of carbonyl (C=O) groups is 1. The quantitative estimate of drug-likeness (QED) is 0.710. The predicted molar refractivity (Wildman–Crippen MR) is 79.0 cm³/mol. The lowest BCUT2D eigenvalue weighted by atomic mass is 9.94. The van der Waals surface area contributed by atoms with Gasteiger partial charge >= 0.3 is 0 Å². The van der Waals surface area contributed by atoms with Gasteiger partial charge in [-0.25, -0.2) is 0 Å². The Labute approximate surface area is 111 Å². The molecule has 0 aliphatic heterocycles. The van der Waals surface area contributed by atoms with Crippen molar-refractivity contribution in [3.8, 4) is 0 Å².